The number of aromatic nitrogens is 3. The van der Waals surface area contributed by atoms with Gasteiger partial charge in [-0.1, -0.05) is 36.6 Å². The summed E-state index contributed by atoms with van der Waals surface area (Å²) in [6.07, 6.45) is 8.41. The van der Waals surface area contributed by atoms with Crippen molar-refractivity contribution in [1.29, 1.82) is 0 Å². The predicted octanol–water partition coefficient (Wildman–Crippen LogP) is 4.89. The van der Waals surface area contributed by atoms with Crippen LogP contribution in [0.4, 0.5) is 5.82 Å². The van der Waals surface area contributed by atoms with Gasteiger partial charge in [0.1, 0.15) is 5.82 Å². The summed E-state index contributed by atoms with van der Waals surface area (Å²) in [4.78, 5) is 8.83. The van der Waals surface area contributed by atoms with Gasteiger partial charge in [-0.25, -0.2) is 4.98 Å². The van der Waals surface area contributed by atoms with Crippen LogP contribution in [0.5, 0.6) is 0 Å². The molecule has 4 rings (SSSR count). The zero-order chi connectivity index (χ0) is 17.1. The van der Waals surface area contributed by atoms with Crippen LogP contribution in [0.1, 0.15) is 43.6 Å². The average Bonchev–Trinajstić information content (AvgIpc) is 3.19. The van der Waals surface area contributed by atoms with Gasteiger partial charge in [0.25, 0.3) is 5.89 Å². The summed E-state index contributed by atoms with van der Waals surface area (Å²) in [5, 5.41) is 7.17. The molecule has 1 aromatic carbocycles. The van der Waals surface area contributed by atoms with E-state index >= 15 is 0 Å². The molecule has 0 radical (unpaired) electrons. The van der Waals surface area contributed by atoms with Gasteiger partial charge < -0.3 is 9.84 Å². The van der Waals surface area contributed by atoms with Crippen LogP contribution in [0.3, 0.4) is 0 Å². The van der Waals surface area contributed by atoms with Gasteiger partial charge in [0.2, 0.25) is 5.82 Å². The lowest BCUT2D eigenvalue weighted by Crippen LogP contribution is -2.04. The van der Waals surface area contributed by atoms with Crippen molar-refractivity contribution >= 4 is 5.82 Å². The smallest absolute Gasteiger partial charge is 0.258 e. The third-order valence-corrected chi connectivity index (χ3v) is 4.95. The molecule has 0 amide bonds. The topological polar surface area (TPSA) is 63.8 Å². The second kappa shape index (κ2) is 7.05. The van der Waals surface area contributed by atoms with Crippen LogP contribution in [-0.4, -0.2) is 22.2 Å². The SMILES string of the molecule is CNc1ncccc1-c1noc(-c2ccc(C3CCCCC3)cc2)n1. The summed E-state index contributed by atoms with van der Waals surface area (Å²) in [6.45, 7) is 0. The number of anilines is 1. The van der Waals surface area contributed by atoms with Crippen molar-refractivity contribution in [2.75, 3.05) is 12.4 Å². The Bertz CT molecular complexity index is 835. The van der Waals surface area contributed by atoms with E-state index in [1.54, 1.807) is 6.20 Å². The standard InChI is InChI=1S/C20H22N4O/c1-21-18-17(8-5-13-22-18)19-23-20(25-24-19)16-11-9-15(10-12-16)14-6-3-2-4-7-14/h5,8-14H,2-4,6-7H2,1H3,(H,21,22). The third-order valence-electron chi connectivity index (χ3n) is 4.95. The molecule has 5 heteroatoms. The molecule has 2 heterocycles. The van der Waals surface area contributed by atoms with Crippen LogP contribution in [-0.2, 0) is 0 Å². The van der Waals surface area contributed by atoms with E-state index in [0.717, 1.165) is 16.9 Å². The van der Waals surface area contributed by atoms with Gasteiger partial charge in [-0.3, -0.25) is 0 Å². The lowest BCUT2D eigenvalue weighted by atomic mass is 9.84. The lowest BCUT2D eigenvalue weighted by Gasteiger charge is -2.21. The maximum Gasteiger partial charge on any atom is 0.258 e. The fraction of sp³-hybridized carbons (Fsp3) is 0.350. The average molecular weight is 334 g/mol. The van der Waals surface area contributed by atoms with Crippen LogP contribution in [0.2, 0.25) is 0 Å². The minimum atomic E-state index is 0.538. The largest absolute Gasteiger partial charge is 0.373 e. The molecular formula is C20H22N4O. The zero-order valence-electron chi connectivity index (χ0n) is 14.4. The van der Waals surface area contributed by atoms with E-state index in [-0.39, 0.29) is 0 Å². The van der Waals surface area contributed by atoms with E-state index in [1.165, 1.54) is 37.7 Å². The molecule has 0 aliphatic heterocycles. The van der Waals surface area contributed by atoms with Crippen molar-refractivity contribution in [2.45, 2.75) is 38.0 Å². The van der Waals surface area contributed by atoms with Crippen LogP contribution in [0.25, 0.3) is 22.8 Å². The molecule has 1 aliphatic rings. The van der Waals surface area contributed by atoms with Crippen molar-refractivity contribution in [1.82, 2.24) is 15.1 Å². The molecule has 5 nitrogen and oxygen atoms in total. The van der Waals surface area contributed by atoms with Crippen LogP contribution >= 0.6 is 0 Å². The second-order valence-electron chi connectivity index (χ2n) is 6.53. The van der Waals surface area contributed by atoms with Gasteiger partial charge in [0.05, 0.1) is 5.56 Å². The number of nitrogens with zero attached hydrogens (tertiary/aromatic N) is 3. The molecule has 25 heavy (non-hydrogen) atoms. The summed E-state index contributed by atoms with van der Waals surface area (Å²) in [5.41, 5.74) is 3.21. The summed E-state index contributed by atoms with van der Waals surface area (Å²) in [7, 11) is 1.83. The highest BCUT2D eigenvalue weighted by Gasteiger charge is 2.17. The number of benzene rings is 1. The Morgan fingerprint density at radius 3 is 2.60 bits per heavy atom. The van der Waals surface area contributed by atoms with E-state index in [9.17, 15) is 0 Å². The minimum Gasteiger partial charge on any atom is -0.373 e. The number of nitrogens with one attached hydrogen (secondary N) is 1. The van der Waals surface area contributed by atoms with E-state index in [1.807, 2.05) is 19.2 Å². The Hall–Kier alpha value is -2.69. The highest BCUT2D eigenvalue weighted by Crippen LogP contribution is 2.33. The van der Waals surface area contributed by atoms with Crippen molar-refractivity contribution in [3.05, 3.63) is 48.2 Å². The molecular weight excluding hydrogens is 312 g/mol. The lowest BCUT2D eigenvalue weighted by molar-refractivity contribution is 0.432. The van der Waals surface area contributed by atoms with E-state index in [2.05, 4.69) is 44.7 Å². The summed E-state index contributed by atoms with van der Waals surface area (Å²) >= 11 is 0. The first-order valence-electron chi connectivity index (χ1n) is 8.92. The van der Waals surface area contributed by atoms with Gasteiger partial charge >= 0.3 is 0 Å². The minimum absolute atomic E-state index is 0.538. The maximum absolute atomic E-state index is 5.47. The molecule has 0 saturated heterocycles. The highest BCUT2D eigenvalue weighted by atomic mass is 16.5. The van der Waals surface area contributed by atoms with E-state index in [0.29, 0.717) is 17.6 Å². The molecule has 0 atom stereocenters. The van der Waals surface area contributed by atoms with Crippen LogP contribution in [0.15, 0.2) is 47.1 Å². The highest BCUT2D eigenvalue weighted by molar-refractivity contribution is 5.70. The predicted molar refractivity (Wildman–Crippen MR) is 98.3 cm³/mol. The molecule has 0 unspecified atom stereocenters. The monoisotopic (exact) mass is 334 g/mol. The van der Waals surface area contributed by atoms with E-state index in [4.69, 9.17) is 4.52 Å². The normalized spacial score (nSPS) is 15.2. The maximum atomic E-state index is 5.47. The molecule has 1 aliphatic carbocycles. The van der Waals surface area contributed by atoms with Gasteiger partial charge in [0, 0.05) is 18.8 Å². The van der Waals surface area contributed by atoms with Crippen molar-refractivity contribution in [3.8, 4) is 22.8 Å². The molecule has 0 bridgehead atoms. The van der Waals surface area contributed by atoms with E-state index < -0.39 is 0 Å². The van der Waals surface area contributed by atoms with Gasteiger partial charge in [0.15, 0.2) is 0 Å². The number of hydrogen-bond donors (Lipinski definition) is 1. The van der Waals surface area contributed by atoms with Crippen molar-refractivity contribution < 1.29 is 4.52 Å². The zero-order valence-corrected chi connectivity index (χ0v) is 14.4. The first kappa shape index (κ1) is 15.8. The molecule has 128 valence electrons. The molecule has 3 aromatic rings. The van der Waals surface area contributed by atoms with Gasteiger partial charge in [-0.05, 0) is 48.6 Å². The molecule has 1 saturated carbocycles. The molecule has 1 fully saturated rings. The number of hydrogen-bond acceptors (Lipinski definition) is 5. The first-order valence-corrected chi connectivity index (χ1v) is 8.92. The Morgan fingerprint density at radius 2 is 1.84 bits per heavy atom. The Balaban J connectivity index is 1.57. The number of pyridine rings is 1. The Kier molecular flexibility index (Phi) is 4.46. The second-order valence-corrected chi connectivity index (χ2v) is 6.53. The van der Waals surface area contributed by atoms with Gasteiger partial charge in [-0.2, -0.15) is 4.98 Å². The fourth-order valence-corrected chi connectivity index (χ4v) is 3.57. The van der Waals surface area contributed by atoms with Crippen LogP contribution < -0.4 is 5.32 Å². The number of rotatable bonds is 4. The molecule has 2 aromatic heterocycles. The fourth-order valence-electron chi connectivity index (χ4n) is 3.57. The Labute approximate surface area is 147 Å². The van der Waals surface area contributed by atoms with Crippen LogP contribution in [0, 0.1) is 0 Å². The quantitative estimate of drug-likeness (QED) is 0.736. The first-order chi connectivity index (χ1) is 12.3. The van der Waals surface area contributed by atoms with Crippen molar-refractivity contribution in [3.63, 3.8) is 0 Å². The Morgan fingerprint density at radius 1 is 1.04 bits per heavy atom. The summed E-state index contributed by atoms with van der Waals surface area (Å²) in [5.74, 6) is 2.53. The van der Waals surface area contributed by atoms with Crippen molar-refractivity contribution in [2.24, 2.45) is 0 Å². The third kappa shape index (κ3) is 3.27. The summed E-state index contributed by atoms with van der Waals surface area (Å²) in [6, 6.07) is 12.4. The molecule has 0 spiro atoms. The molecule has 1 N–H and O–H groups in total. The van der Waals surface area contributed by atoms with Gasteiger partial charge in [-0.15, -0.1) is 0 Å². The summed E-state index contributed by atoms with van der Waals surface area (Å²) < 4.78 is 5.47.